The largest absolute Gasteiger partial charge is 0.310 e. The van der Waals surface area contributed by atoms with Crippen LogP contribution in [0, 0.1) is 0 Å². The summed E-state index contributed by atoms with van der Waals surface area (Å²) in [6.45, 7) is 7.32. The van der Waals surface area contributed by atoms with Crippen LogP contribution >= 0.6 is 0 Å². The number of hydrogen-bond donors (Lipinski definition) is 1. The highest BCUT2D eigenvalue weighted by atomic mass is 15.1. The Morgan fingerprint density at radius 2 is 2.11 bits per heavy atom. The van der Waals surface area contributed by atoms with Gasteiger partial charge in [-0.1, -0.05) is 19.9 Å². The van der Waals surface area contributed by atoms with Crippen molar-refractivity contribution in [3.63, 3.8) is 0 Å². The van der Waals surface area contributed by atoms with E-state index in [4.69, 9.17) is 0 Å². The minimum absolute atomic E-state index is 0.338. The van der Waals surface area contributed by atoms with Gasteiger partial charge in [0.25, 0.3) is 0 Å². The third kappa shape index (κ3) is 2.59. The van der Waals surface area contributed by atoms with E-state index in [1.54, 1.807) is 0 Å². The van der Waals surface area contributed by atoms with E-state index in [0.29, 0.717) is 6.04 Å². The molecule has 2 aromatic heterocycles. The maximum Gasteiger partial charge on any atom is 0.137 e. The minimum Gasteiger partial charge on any atom is -0.310 e. The maximum absolute atomic E-state index is 4.52. The molecule has 0 aromatic carbocycles. The second-order valence-electron chi connectivity index (χ2n) is 4.30. The molecule has 1 unspecified atom stereocenters. The second kappa shape index (κ2) is 5.78. The third-order valence-electron chi connectivity index (χ3n) is 3.06. The Morgan fingerprint density at radius 1 is 1.28 bits per heavy atom. The number of hydrogen-bond acceptors (Lipinski definition) is 3. The van der Waals surface area contributed by atoms with E-state index in [-0.39, 0.29) is 0 Å². The van der Waals surface area contributed by atoms with Crippen LogP contribution in [-0.4, -0.2) is 21.1 Å². The standard InChI is InChI=1S/C14H20N4/c1-4-13-16-8-9-18(13)14-7-6-12(10-17-14)11(3)15-5-2/h6-11,15H,4-5H2,1-3H3. The highest BCUT2D eigenvalue weighted by molar-refractivity contribution is 5.28. The van der Waals surface area contributed by atoms with Crippen molar-refractivity contribution in [2.24, 2.45) is 0 Å². The van der Waals surface area contributed by atoms with Gasteiger partial charge in [0, 0.05) is 31.1 Å². The first-order chi connectivity index (χ1) is 8.76. The SMILES string of the molecule is CCNC(C)c1ccc(-n2ccnc2CC)nc1. The topological polar surface area (TPSA) is 42.7 Å². The van der Waals surface area contributed by atoms with Crippen LogP contribution in [0.1, 0.15) is 38.2 Å². The molecule has 0 aliphatic heterocycles. The van der Waals surface area contributed by atoms with E-state index < -0.39 is 0 Å². The number of nitrogens with one attached hydrogen (secondary N) is 1. The molecule has 0 radical (unpaired) electrons. The third-order valence-corrected chi connectivity index (χ3v) is 3.06. The Hall–Kier alpha value is -1.68. The van der Waals surface area contributed by atoms with Gasteiger partial charge in [0.15, 0.2) is 0 Å². The zero-order valence-corrected chi connectivity index (χ0v) is 11.2. The molecule has 96 valence electrons. The molecule has 1 atom stereocenters. The molecule has 0 spiro atoms. The zero-order valence-electron chi connectivity index (χ0n) is 11.2. The first kappa shape index (κ1) is 12.8. The van der Waals surface area contributed by atoms with Gasteiger partial charge in [-0.05, 0) is 25.1 Å². The fourth-order valence-electron chi connectivity index (χ4n) is 2.02. The second-order valence-corrected chi connectivity index (χ2v) is 4.30. The van der Waals surface area contributed by atoms with E-state index in [9.17, 15) is 0 Å². The summed E-state index contributed by atoms with van der Waals surface area (Å²) in [5.74, 6) is 1.96. The normalized spacial score (nSPS) is 12.6. The predicted molar refractivity (Wildman–Crippen MR) is 72.8 cm³/mol. The van der Waals surface area contributed by atoms with Crippen LogP contribution < -0.4 is 5.32 Å². The molecule has 1 N–H and O–H groups in total. The number of pyridine rings is 1. The molecule has 0 aliphatic carbocycles. The van der Waals surface area contributed by atoms with Crippen molar-refractivity contribution < 1.29 is 0 Å². The fourth-order valence-corrected chi connectivity index (χ4v) is 2.02. The lowest BCUT2D eigenvalue weighted by molar-refractivity contribution is 0.596. The molecular formula is C14H20N4. The first-order valence-electron chi connectivity index (χ1n) is 6.48. The van der Waals surface area contributed by atoms with E-state index >= 15 is 0 Å². The fraction of sp³-hybridized carbons (Fsp3) is 0.429. The Morgan fingerprint density at radius 3 is 2.72 bits per heavy atom. The quantitative estimate of drug-likeness (QED) is 0.878. The number of aryl methyl sites for hydroxylation is 1. The Labute approximate surface area is 108 Å². The molecule has 4 heteroatoms. The highest BCUT2D eigenvalue weighted by Gasteiger charge is 2.07. The molecule has 0 saturated carbocycles. The molecule has 2 rings (SSSR count). The van der Waals surface area contributed by atoms with Crippen LogP contribution in [0.25, 0.3) is 5.82 Å². The smallest absolute Gasteiger partial charge is 0.137 e. The van der Waals surface area contributed by atoms with Crippen molar-refractivity contribution in [2.75, 3.05) is 6.54 Å². The summed E-state index contributed by atoms with van der Waals surface area (Å²) in [5.41, 5.74) is 1.21. The van der Waals surface area contributed by atoms with Gasteiger partial charge < -0.3 is 5.32 Å². The van der Waals surface area contributed by atoms with Crippen molar-refractivity contribution in [3.8, 4) is 5.82 Å². The molecule has 4 nitrogen and oxygen atoms in total. The Kier molecular flexibility index (Phi) is 4.10. The van der Waals surface area contributed by atoms with Crippen molar-refractivity contribution >= 4 is 0 Å². The summed E-state index contributed by atoms with van der Waals surface area (Å²) in [7, 11) is 0. The molecule has 0 fully saturated rings. The van der Waals surface area contributed by atoms with Crippen molar-refractivity contribution in [1.29, 1.82) is 0 Å². The number of imidazole rings is 1. The lowest BCUT2D eigenvalue weighted by atomic mass is 10.1. The van der Waals surface area contributed by atoms with Gasteiger partial charge in [0.1, 0.15) is 11.6 Å². The molecule has 0 bridgehead atoms. The molecule has 0 aliphatic rings. The van der Waals surface area contributed by atoms with Gasteiger partial charge in [-0.3, -0.25) is 4.57 Å². The van der Waals surface area contributed by atoms with E-state index in [1.165, 1.54) is 5.56 Å². The monoisotopic (exact) mass is 244 g/mol. The van der Waals surface area contributed by atoms with Crippen LogP contribution in [0.4, 0.5) is 0 Å². The van der Waals surface area contributed by atoms with Gasteiger partial charge in [0.2, 0.25) is 0 Å². The summed E-state index contributed by atoms with van der Waals surface area (Å²) in [6.07, 6.45) is 6.61. The lowest BCUT2D eigenvalue weighted by Gasteiger charge is -2.13. The van der Waals surface area contributed by atoms with Crippen molar-refractivity contribution in [3.05, 3.63) is 42.1 Å². The number of aromatic nitrogens is 3. The molecule has 18 heavy (non-hydrogen) atoms. The van der Waals surface area contributed by atoms with Gasteiger partial charge in [-0.2, -0.15) is 0 Å². The number of nitrogens with zero attached hydrogens (tertiary/aromatic N) is 3. The van der Waals surface area contributed by atoms with Gasteiger partial charge in [-0.15, -0.1) is 0 Å². The van der Waals surface area contributed by atoms with Crippen LogP contribution in [-0.2, 0) is 6.42 Å². The summed E-state index contributed by atoms with van der Waals surface area (Å²) >= 11 is 0. The van der Waals surface area contributed by atoms with Crippen LogP contribution in [0.5, 0.6) is 0 Å². The van der Waals surface area contributed by atoms with E-state index in [2.05, 4.69) is 42.1 Å². The van der Waals surface area contributed by atoms with Crippen LogP contribution in [0.15, 0.2) is 30.7 Å². The summed E-state index contributed by atoms with van der Waals surface area (Å²) in [4.78, 5) is 8.82. The van der Waals surface area contributed by atoms with Crippen LogP contribution in [0.3, 0.4) is 0 Å². The average molecular weight is 244 g/mol. The summed E-state index contributed by atoms with van der Waals surface area (Å²) < 4.78 is 2.03. The van der Waals surface area contributed by atoms with Crippen LogP contribution in [0.2, 0.25) is 0 Å². The lowest BCUT2D eigenvalue weighted by Crippen LogP contribution is -2.17. The Bertz CT molecular complexity index is 487. The Balaban J connectivity index is 2.22. The molecule has 2 aromatic rings. The summed E-state index contributed by atoms with van der Waals surface area (Å²) in [5, 5.41) is 3.38. The highest BCUT2D eigenvalue weighted by Crippen LogP contribution is 2.14. The molecule has 2 heterocycles. The number of rotatable bonds is 5. The molecule has 0 saturated heterocycles. The minimum atomic E-state index is 0.338. The van der Waals surface area contributed by atoms with Crippen molar-refractivity contribution in [1.82, 2.24) is 19.9 Å². The van der Waals surface area contributed by atoms with Gasteiger partial charge in [-0.25, -0.2) is 9.97 Å². The van der Waals surface area contributed by atoms with E-state index in [0.717, 1.165) is 24.6 Å². The maximum atomic E-state index is 4.52. The van der Waals surface area contributed by atoms with Crippen molar-refractivity contribution in [2.45, 2.75) is 33.2 Å². The predicted octanol–water partition coefficient (Wildman–Crippen LogP) is 2.50. The van der Waals surface area contributed by atoms with Gasteiger partial charge in [0.05, 0.1) is 0 Å². The first-order valence-corrected chi connectivity index (χ1v) is 6.48. The molecule has 0 amide bonds. The summed E-state index contributed by atoms with van der Waals surface area (Å²) in [6, 6.07) is 4.50. The zero-order chi connectivity index (χ0) is 13.0. The average Bonchev–Trinajstić information content (AvgIpc) is 2.87. The van der Waals surface area contributed by atoms with E-state index in [1.807, 2.05) is 29.2 Å². The van der Waals surface area contributed by atoms with Gasteiger partial charge >= 0.3 is 0 Å². The molecular weight excluding hydrogens is 224 g/mol.